The molecule has 0 bridgehead atoms. The topological polar surface area (TPSA) is 72.8 Å². The molecule has 98 valence electrons. The summed E-state index contributed by atoms with van der Waals surface area (Å²) in [5.74, 6) is -0.965. The summed E-state index contributed by atoms with van der Waals surface area (Å²) in [5.41, 5.74) is -0.663. The van der Waals surface area contributed by atoms with Gasteiger partial charge in [0.1, 0.15) is 0 Å². The normalized spacial score (nSPS) is 35.7. The molecule has 0 atom stereocenters. The van der Waals surface area contributed by atoms with Crippen LogP contribution in [0.3, 0.4) is 0 Å². The molecule has 3 N–H and O–H groups in total. The van der Waals surface area contributed by atoms with E-state index in [9.17, 15) is 9.90 Å². The van der Waals surface area contributed by atoms with Crippen LogP contribution in [0.25, 0.3) is 0 Å². The van der Waals surface area contributed by atoms with Crippen molar-refractivity contribution in [3.05, 3.63) is 0 Å². The number of carbonyl (C=O) groups is 1. The Morgan fingerprint density at radius 1 is 1.29 bits per heavy atom. The number of rotatable bonds is 3. The van der Waals surface area contributed by atoms with E-state index < -0.39 is 11.6 Å². The fraction of sp³-hybridized carbons (Fsp3) is 0.917. The van der Waals surface area contributed by atoms with E-state index in [1.807, 2.05) is 0 Å². The number of aliphatic carboxylic acids is 1. The zero-order valence-corrected chi connectivity index (χ0v) is 10.2. The maximum atomic E-state index is 10.9. The van der Waals surface area contributed by atoms with Gasteiger partial charge in [0, 0.05) is 32.7 Å². The highest BCUT2D eigenvalue weighted by Gasteiger charge is 2.37. The van der Waals surface area contributed by atoms with E-state index >= 15 is 0 Å². The van der Waals surface area contributed by atoms with Gasteiger partial charge in [-0.05, 0) is 25.7 Å². The third kappa shape index (κ3) is 3.40. The van der Waals surface area contributed by atoms with E-state index in [0.29, 0.717) is 32.2 Å². The maximum absolute atomic E-state index is 10.9. The van der Waals surface area contributed by atoms with E-state index in [-0.39, 0.29) is 5.92 Å². The van der Waals surface area contributed by atoms with E-state index in [0.717, 1.165) is 26.2 Å². The molecule has 0 aromatic rings. The molecule has 0 unspecified atom stereocenters. The summed E-state index contributed by atoms with van der Waals surface area (Å²) in [4.78, 5) is 13.1. The fourth-order valence-corrected chi connectivity index (χ4v) is 2.85. The van der Waals surface area contributed by atoms with E-state index in [1.54, 1.807) is 0 Å². The molecule has 17 heavy (non-hydrogen) atoms. The Kier molecular flexibility index (Phi) is 4.01. The molecule has 1 saturated heterocycles. The second-order valence-corrected chi connectivity index (χ2v) is 5.36. The molecule has 1 aliphatic heterocycles. The minimum Gasteiger partial charge on any atom is -0.481 e. The van der Waals surface area contributed by atoms with Gasteiger partial charge in [0.2, 0.25) is 0 Å². The first-order valence-electron chi connectivity index (χ1n) is 6.47. The molecule has 0 aromatic heterocycles. The zero-order valence-electron chi connectivity index (χ0n) is 10.2. The highest BCUT2D eigenvalue weighted by molar-refractivity contribution is 5.70. The standard InChI is InChI=1S/C12H22N2O3/c15-11(16)10-1-3-12(17,4-2-10)9-14-7-5-13-6-8-14/h10,13,17H,1-9H2,(H,15,16). The van der Waals surface area contributed by atoms with Gasteiger partial charge in [-0.1, -0.05) is 0 Å². The Morgan fingerprint density at radius 3 is 2.41 bits per heavy atom. The molecule has 0 radical (unpaired) electrons. The van der Waals surface area contributed by atoms with Crippen LogP contribution in [-0.2, 0) is 4.79 Å². The lowest BCUT2D eigenvalue weighted by atomic mass is 9.78. The van der Waals surface area contributed by atoms with Crippen LogP contribution in [0.1, 0.15) is 25.7 Å². The van der Waals surface area contributed by atoms with Crippen LogP contribution in [-0.4, -0.2) is 59.4 Å². The average molecular weight is 242 g/mol. The minimum atomic E-state index is -0.714. The van der Waals surface area contributed by atoms with Crippen LogP contribution in [0.2, 0.25) is 0 Å². The largest absolute Gasteiger partial charge is 0.481 e. The van der Waals surface area contributed by atoms with Gasteiger partial charge >= 0.3 is 5.97 Å². The molecule has 1 heterocycles. The lowest BCUT2D eigenvalue weighted by Crippen LogP contribution is -2.52. The van der Waals surface area contributed by atoms with Gasteiger partial charge in [-0.25, -0.2) is 0 Å². The number of hydrogen-bond donors (Lipinski definition) is 3. The molecule has 0 spiro atoms. The van der Waals surface area contributed by atoms with Crippen LogP contribution in [0.15, 0.2) is 0 Å². The lowest BCUT2D eigenvalue weighted by Gasteiger charge is -2.39. The first kappa shape index (κ1) is 12.8. The summed E-state index contributed by atoms with van der Waals surface area (Å²) < 4.78 is 0. The van der Waals surface area contributed by atoms with Crippen molar-refractivity contribution >= 4 is 5.97 Å². The monoisotopic (exact) mass is 242 g/mol. The van der Waals surface area contributed by atoms with Gasteiger partial charge in [-0.2, -0.15) is 0 Å². The SMILES string of the molecule is O=C(O)C1CCC(O)(CN2CCNCC2)CC1. The Morgan fingerprint density at radius 2 is 1.88 bits per heavy atom. The minimum absolute atomic E-state index is 0.252. The molecule has 0 amide bonds. The molecule has 2 aliphatic rings. The van der Waals surface area contributed by atoms with E-state index in [4.69, 9.17) is 5.11 Å². The molecule has 2 fully saturated rings. The summed E-state index contributed by atoms with van der Waals surface area (Å²) in [5, 5.41) is 22.7. The molecule has 1 aliphatic carbocycles. The number of carboxylic acids is 1. The fourth-order valence-electron chi connectivity index (χ4n) is 2.85. The predicted molar refractivity (Wildman–Crippen MR) is 63.9 cm³/mol. The van der Waals surface area contributed by atoms with Crippen LogP contribution in [0, 0.1) is 5.92 Å². The number of aliphatic hydroxyl groups is 1. The van der Waals surface area contributed by atoms with Crippen molar-refractivity contribution in [1.29, 1.82) is 0 Å². The van der Waals surface area contributed by atoms with E-state index in [2.05, 4.69) is 10.2 Å². The maximum Gasteiger partial charge on any atom is 0.306 e. The van der Waals surface area contributed by atoms with Crippen molar-refractivity contribution in [2.75, 3.05) is 32.7 Å². The Hall–Kier alpha value is -0.650. The highest BCUT2D eigenvalue weighted by atomic mass is 16.4. The van der Waals surface area contributed by atoms with Crippen molar-refractivity contribution in [2.24, 2.45) is 5.92 Å². The first-order chi connectivity index (χ1) is 8.09. The molecular formula is C12H22N2O3. The molecule has 1 saturated carbocycles. The number of nitrogens with zero attached hydrogens (tertiary/aromatic N) is 1. The summed E-state index contributed by atoms with van der Waals surface area (Å²) in [7, 11) is 0. The van der Waals surface area contributed by atoms with Gasteiger partial charge in [-0.15, -0.1) is 0 Å². The van der Waals surface area contributed by atoms with Crippen LogP contribution >= 0.6 is 0 Å². The van der Waals surface area contributed by atoms with Crippen LogP contribution < -0.4 is 5.32 Å². The summed E-state index contributed by atoms with van der Waals surface area (Å²) in [6.45, 7) is 4.61. The number of carboxylic acid groups (broad SMARTS) is 1. The quantitative estimate of drug-likeness (QED) is 0.644. The zero-order chi connectivity index (χ0) is 12.3. The van der Waals surface area contributed by atoms with E-state index in [1.165, 1.54) is 0 Å². The van der Waals surface area contributed by atoms with Gasteiger partial charge in [0.25, 0.3) is 0 Å². The van der Waals surface area contributed by atoms with Crippen molar-refractivity contribution in [3.8, 4) is 0 Å². The number of β-amino-alcohol motifs (C(OH)–C–C–N with tert-alkyl or cyclic N) is 1. The lowest BCUT2D eigenvalue weighted by molar-refractivity contribution is -0.145. The van der Waals surface area contributed by atoms with Crippen molar-refractivity contribution < 1.29 is 15.0 Å². The summed E-state index contributed by atoms with van der Waals surface area (Å²) in [6, 6.07) is 0. The van der Waals surface area contributed by atoms with Gasteiger partial charge in [0.15, 0.2) is 0 Å². The Labute approximate surface area is 102 Å². The molecule has 0 aromatic carbocycles. The second-order valence-electron chi connectivity index (χ2n) is 5.36. The van der Waals surface area contributed by atoms with Gasteiger partial charge in [-0.3, -0.25) is 9.69 Å². The Bertz CT molecular complexity index is 269. The summed E-state index contributed by atoms with van der Waals surface area (Å²) >= 11 is 0. The molecule has 5 nitrogen and oxygen atoms in total. The molecule has 5 heteroatoms. The number of hydrogen-bond acceptors (Lipinski definition) is 4. The highest BCUT2D eigenvalue weighted by Crippen LogP contribution is 2.32. The van der Waals surface area contributed by atoms with Crippen LogP contribution in [0.5, 0.6) is 0 Å². The summed E-state index contributed by atoms with van der Waals surface area (Å²) in [6.07, 6.45) is 2.46. The third-order valence-corrected chi connectivity index (χ3v) is 3.99. The van der Waals surface area contributed by atoms with Gasteiger partial charge in [0.05, 0.1) is 11.5 Å². The van der Waals surface area contributed by atoms with Crippen molar-refractivity contribution in [2.45, 2.75) is 31.3 Å². The van der Waals surface area contributed by atoms with Gasteiger partial charge < -0.3 is 15.5 Å². The molecule has 2 rings (SSSR count). The molecular weight excluding hydrogens is 220 g/mol. The number of nitrogens with one attached hydrogen (secondary N) is 1. The predicted octanol–water partition coefficient (Wildman–Crippen LogP) is -0.102. The smallest absolute Gasteiger partial charge is 0.306 e. The number of piperazine rings is 1. The Balaban J connectivity index is 1.82. The van der Waals surface area contributed by atoms with Crippen molar-refractivity contribution in [1.82, 2.24) is 10.2 Å². The average Bonchev–Trinajstić information content (AvgIpc) is 2.30. The first-order valence-corrected chi connectivity index (χ1v) is 6.47. The second kappa shape index (κ2) is 5.33. The third-order valence-electron chi connectivity index (χ3n) is 3.99. The van der Waals surface area contributed by atoms with Crippen LogP contribution in [0.4, 0.5) is 0 Å². The van der Waals surface area contributed by atoms with Crippen molar-refractivity contribution in [3.63, 3.8) is 0 Å².